The third-order valence-corrected chi connectivity index (χ3v) is 6.75. The van der Waals surface area contributed by atoms with E-state index in [0.717, 1.165) is 22.0 Å². The number of rotatable bonds is 3. The second-order valence-corrected chi connectivity index (χ2v) is 11.6. The molecule has 0 spiro atoms. The van der Waals surface area contributed by atoms with E-state index in [1.165, 1.54) is 0 Å². The van der Waals surface area contributed by atoms with Gasteiger partial charge in [0, 0.05) is 16.5 Å². The van der Waals surface area contributed by atoms with Crippen LogP contribution in [-0.2, 0) is 10.8 Å². The molecule has 5 heteroatoms. The average molecular weight is 492 g/mol. The topological polar surface area (TPSA) is 71.2 Å². The third kappa shape index (κ3) is 4.46. The van der Waals surface area contributed by atoms with E-state index in [4.69, 9.17) is 10.1 Å². The average Bonchev–Trinajstić information content (AvgIpc) is 3.23. The molecule has 0 amide bonds. The molecule has 3 aromatic carbocycles. The van der Waals surface area contributed by atoms with Gasteiger partial charge >= 0.3 is 0 Å². The van der Waals surface area contributed by atoms with Crippen LogP contribution in [0, 0.1) is 0 Å². The monoisotopic (exact) mass is 491 g/mol. The Morgan fingerprint density at radius 1 is 0.703 bits per heavy atom. The third-order valence-electron chi connectivity index (χ3n) is 6.75. The summed E-state index contributed by atoms with van der Waals surface area (Å²) in [7, 11) is 0. The lowest BCUT2D eigenvalue weighted by molar-refractivity contribution is 0.441. The van der Waals surface area contributed by atoms with Crippen LogP contribution in [0.15, 0.2) is 78.9 Å². The zero-order valence-corrected chi connectivity index (χ0v) is 22.2. The van der Waals surface area contributed by atoms with Gasteiger partial charge in [0.25, 0.3) is 0 Å². The molecule has 0 fully saturated rings. The summed E-state index contributed by atoms with van der Waals surface area (Å²) in [5, 5.41) is 27.9. The Bertz CT molecular complexity index is 1620. The number of aromatic nitrogens is 3. The number of aromatic hydroxyl groups is 2. The summed E-state index contributed by atoms with van der Waals surface area (Å²) in [6.45, 7) is 12.9. The van der Waals surface area contributed by atoms with E-state index in [1.54, 1.807) is 12.1 Å². The fourth-order valence-corrected chi connectivity index (χ4v) is 4.63. The number of hydrogen-bond acceptors (Lipinski definition) is 4. The fourth-order valence-electron chi connectivity index (χ4n) is 4.63. The van der Waals surface area contributed by atoms with Gasteiger partial charge in [-0.15, -0.1) is 0 Å². The Kier molecular flexibility index (Phi) is 5.82. The standard InChI is InChI=1S/C32H33N3O2/c1-31(2,3)20-18-23(32(4,5)6)30(37)27(19-20)35-26-16-9-7-13-22(26)29(34-35)25-15-11-14-24(33-25)21-12-8-10-17-28(21)36/h7-19,36-37H,1-6H3. The first kappa shape index (κ1) is 24.6. The lowest BCUT2D eigenvalue weighted by Gasteiger charge is -2.27. The summed E-state index contributed by atoms with van der Waals surface area (Å²) in [6, 6.07) is 25.1. The van der Waals surface area contributed by atoms with Crippen LogP contribution in [-0.4, -0.2) is 25.0 Å². The van der Waals surface area contributed by atoms with Crippen LogP contribution in [0.2, 0.25) is 0 Å². The molecule has 5 nitrogen and oxygen atoms in total. The highest BCUT2D eigenvalue weighted by Crippen LogP contribution is 2.41. The lowest BCUT2D eigenvalue weighted by atomic mass is 9.79. The van der Waals surface area contributed by atoms with Crippen LogP contribution in [0.5, 0.6) is 11.5 Å². The van der Waals surface area contributed by atoms with Crippen LogP contribution in [0.25, 0.3) is 39.2 Å². The Hall–Kier alpha value is -4.12. The van der Waals surface area contributed by atoms with Crippen molar-refractivity contribution in [2.75, 3.05) is 0 Å². The molecule has 0 aliphatic heterocycles. The Balaban J connectivity index is 1.76. The van der Waals surface area contributed by atoms with Gasteiger partial charge in [0.05, 0.1) is 16.9 Å². The van der Waals surface area contributed by atoms with E-state index >= 15 is 0 Å². The maximum Gasteiger partial charge on any atom is 0.145 e. The Morgan fingerprint density at radius 2 is 1.38 bits per heavy atom. The van der Waals surface area contributed by atoms with E-state index in [0.29, 0.717) is 28.3 Å². The molecule has 0 saturated heterocycles. The minimum Gasteiger partial charge on any atom is -0.507 e. The summed E-state index contributed by atoms with van der Waals surface area (Å²) in [4.78, 5) is 4.87. The van der Waals surface area contributed by atoms with Gasteiger partial charge in [-0.1, -0.05) is 84.0 Å². The van der Waals surface area contributed by atoms with Gasteiger partial charge < -0.3 is 10.2 Å². The molecule has 0 bridgehead atoms. The number of benzene rings is 3. The van der Waals surface area contributed by atoms with Crippen molar-refractivity contribution in [1.82, 2.24) is 14.8 Å². The predicted molar refractivity (Wildman–Crippen MR) is 150 cm³/mol. The van der Waals surface area contributed by atoms with Crippen molar-refractivity contribution in [1.29, 1.82) is 0 Å². The molecule has 188 valence electrons. The van der Waals surface area contributed by atoms with Gasteiger partial charge in [-0.05, 0) is 52.8 Å². The minimum atomic E-state index is -0.251. The van der Waals surface area contributed by atoms with Crippen molar-refractivity contribution in [3.8, 4) is 39.8 Å². The molecular formula is C32H33N3O2. The summed E-state index contributed by atoms with van der Waals surface area (Å²) >= 11 is 0. The zero-order chi connectivity index (χ0) is 26.5. The van der Waals surface area contributed by atoms with E-state index in [1.807, 2.05) is 65.3 Å². The second kappa shape index (κ2) is 8.77. The van der Waals surface area contributed by atoms with Gasteiger partial charge in [-0.2, -0.15) is 5.10 Å². The first-order valence-electron chi connectivity index (χ1n) is 12.6. The van der Waals surface area contributed by atoms with E-state index < -0.39 is 0 Å². The quantitative estimate of drug-likeness (QED) is 0.270. The first-order valence-corrected chi connectivity index (χ1v) is 12.6. The number of phenolic OH excluding ortho intramolecular Hbond substituents is 2. The molecule has 0 atom stereocenters. The zero-order valence-electron chi connectivity index (χ0n) is 22.2. The van der Waals surface area contributed by atoms with Crippen molar-refractivity contribution >= 4 is 10.9 Å². The van der Waals surface area contributed by atoms with Crippen LogP contribution < -0.4 is 0 Å². The van der Waals surface area contributed by atoms with Gasteiger partial charge in [-0.25, -0.2) is 9.67 Å². The summed E-state index contributed by atoms with van der Waals surface area (Å²) in [5.41, 5.74) is 5.93. The largest absolute Gasteiger partial charge is 0.507 e. The molecule has 37 heavy (non-hydrogen) atoms. The van der Waals surface area contributed by atoms with E-state index in [2.05, 4.69) is 47.6 Å². The molecule has 0 aliphatic rings. The lowest BCUT2D eigenvalue weighted by Crippen LogP contribution is -2.18. The fraction of sp³-hybridized carbons (Fsp3) is 0.250. The number of fused-ring (bicyclic) bond motifs is 1. The number of para-hydroxylation sites is 2. The molecule has 5 aromatic rings. The van der Waals surface area contributed by atoms with Gasteiger partial charge in [-0.3, -0.25) is 0 Å². The maximum absolute atomic E-state index is 11.5. The highest BCUT2D eigenvalue weighted by Gasteiger charge is 2.27. The molecule has 2 N–H and O–H groups in total. The number of nitrogens with zero attached hydrogens (tertiary/aromatic N) is 3. The summed E-state index contributed by atoms with van der Waals surface area (Å²) in [6.07, 6.45) is 0. The first-order chi connectivity index (χ1) is 17.4. The van der Waals surface area contributed by atoms with Crippen molar-refractivity contribution in [3.05, 3.63) is 90.0 Å². The minimum absolute atomic E-state index is 0.109. The van der Waals surface area contributed by atoms with Gasteiger partial charge in [0.2, 0.25) is 0 Å². The normalized spacial score (nSPS) is 12.3. The highest BCUT2D eigenvalue weighted by molar-refractivity contribution is 5.94. The van der Waals surface area contributed by atoms with Crippen molar-refractivity contribution < 1.29 is 10.2 Å². The summed E-state index contributed by atoms with van der Waals surface area (Å²) in [5.74, 6) is 0.414. The second-order valence-electron chi connectivity index (χ2n) is 11.6. The molecule has 2 aromatic heterocycles. The Morgan fingerprint density at radius 3 is 2.08 bits per heavy atom. The van der Waals surface area contributed by atoms with Gasteiger partial charge in [0.1, 0.15) is 22.9 Å². The predicted octanol–water partition coefficient (Wildman–Crippen LogP) is 7.76. The van der Waals surface area contributed by atoms with E-state index in [-0.39, 0.29) is 22.3 Å². The van der Waals surface area contributed by atoms with Crippen LogP contribution in [0.4, 0.5) is 0 Å². The number of phenols is 2. The molecule has 0 saturated carbocycles. The van der Waals surface area contributed by atoms with Crippen LogP contribution in [0.3, 0.4) is 0 Å². The van der Waals surface area contributed by atoms with Gasteiger partial charge in [0.15, 0.2) is 0 Å². The molecule has 0 unspecified atom stereocenters. The van der Waals surface area contributed by atoms with Crippen molar-refractivity contribution in [2.45, 2.75) is 52.4 Å². The van der Waals surface area contributed by atoms with E-state index in [9.17, 15) is 10.2 Å². The highest BCUT2D eigenvalue weighted by atomic mass is 16.3. The SMILES string of the molecule is CC(C)(C)c1cc(-n2nc(-c3cccc(-c4ccccc4O)n3)c3ccccc32)c(O)c(C(C)(C)C)c1. The smallest absolute Gasteiger partial charge is 0.145 e. The van der Waals surface area contributed by atoms with Crippen LogP contribution in [0.1, 0.15) is 52.7 Å². The molecular weight excluding hydrogens is 458 g/mol. The molecule has 2 heterocycles. The molecule has 0 radical (unpaired) electrons. The van der Waals surface area contributed by atoms with Crippen molar-refractivity contribution in [2.24, 2.45) is 0 Å². The summed E-state index contributed by atoms with van der Waals surface area (Å²) < 4.78 is 1.83. The molecule has 5 rings (SSSR count). The number of pyridine rings is 1. The van der Waals surface area contributed by atoms with Crippen molar-refractivity contribution in [3.63, 3.8) is 0 Å². The maximum atomic E-state index is 11.5. The molecule has 0 aliphatic carbocycles. The Labute approximate surface area is 218 Å². The van der Waals surface area contributed by atoms with Crippen LogP contribution >= 0.6 is 0 Å². The number of hydrogen-bond donors (Lipinski definition) is 2.